The van der Waals surface area contributed by atoms with Crippen molar-refractivity contribution in [3.8, 4) is 0 Å². The van der Waals surface area contributed by atoms with Crippen molar-refractivity contribution >= 4 is 44.8 Å². The van der Waals surface area contributed by atoms with Crippen LogP contribution >= 0.6 is 23.2 Å². The second-order valence-corrected chi connectivity index (χ2v) is 7.28. The molecule has 116 valence electrons. The van der Waals surface area contributed by atoms with Crippen LogP contribution in [0, 0.1) is 0 Å². The Balaban J connectivity index is 1.98. The van der Waals surface area contributed by atoms with Gasteiger partial charge < -0.3 is 11.1 Å². The molecule has 6 nitrogen and oxygen atoms in total. The number of amides is 1. The predicted molar refractivity (Wildman–Crippen MR) is 81.8 cm³/mol. The van der Waals surface area contributed by atoms with Gasteiger partial charge in [0.1, 0.15) is 4.90 Å². The summed E-state index contributed by atoms with van der Waals surface area (Å²) in [6.45, 7) is -0.0141. The van der Waals surface area contributed by atoms with E-state index in [4.69, 9.17) is 28.9 Å². The number of carbonyl (C=O) groups excluding carboxylic acids is 1. The van der Waals surface area contributed by atoms with Crippen LogP contribution in [0.25, 0.3) is 0 Å². The van der Waals surface area contributed by atoms with Gasteiger partial charge in [-0.1, -0.05) is 23.2 Å². The maximum Gasteiger partial charge on any atom is 0.242 e. The Labute approximate surface area is 133 Å². The average molecular weight is 352 g/mol. The quantitative estimate of drug-likeness (QED) is 0.676. The molecule has 1 aliphatic carbocycles. The van der Waals surface area contributed by atoms with E-state index in [2.05, 4.69) is 10.0 Å². The van der Waals surface area contributed by atoms with Gasteiger partial charge in [0.25, 0.3) is 0 Å². The van der Waals surface area contributed by atoms with Crippen molar-refractivity contribution in [2.24, 2.45) is 0 Å². The third-order valence-corrected chi connectivity index (χ3v) is 5.32. The van der Waals surface area contributed by atoms with Crippen LogP contribution in [0.1, 0.15) is 19.3 Å². The maximum atomic E-state index is 12.1. The van der Waals surface area contributed by atoms with E-state index in [-0.39, 0.29) is 45.5 Å². The summed E-state index contributed by atoms with van der Waals surface area (Å²) in [6.07, 6.45) is 2.03. The summed E-state index contributed by atoms with van der Waals surface area (Å²) in [4.78, 5) is 11.3. The molecule has 0 radical (unpaired) electrons. The minimum absolute atomic E-state index is 0.00712. The minimum Gasteiger partial charge on any atom is -0.396 e. The fourth-order valence-corrected chi connectivity index (χ4v) is 3.46. The SMILES string of the molecule is Nc1c(Cl)ccc(S(=O)(=O)NCCC(=O)NC2CC2)c1Cl. The summed E-state index contributed by atoms with van der Waals surface area (Å²) in [7, 11) is -3.84. The Hall–Kier alpha value is -1.02. The molecule has 21 heavy (non-hydrogen) atoms. The number of nitrogens with two attached hydrogens (primary N) is 1. The molecule has 0 unspecified atom stereocenters. The normalized spacial score (nSPS) is 15.0. The fraction of sp³-hybridized carbons (Fsp3) is 0.417. The third-order valence-electron chi connectivity index (χ3n) is 2.97. The van der Waals surface area contributed by atoms with Gasteiger partial charge in [0.2, 0.25) is 15.9 Å². The lowest BCUT2D eigenvalue weighted by Crippen LogP contribution is -2.31. The van der Waals surface area contributed by atoms with Crippen molar-refractivity contribution in [1.29, 1.82) is 0 Å². The number of carbonyl (C=O) groups is 1. The van der Waals surface area contributed by atoms with Crippen molar-refractivity contribution < 1.29 is 13.2 Å². The Morgan fingerprint density at radius 2 is 2.00 bits per heavy atom. The molecule has 0 atom stereocenters. The zero-order valence-corrected chi connectivity index (χ0v) is 13.4. The van der Waals surface area contributed by atoms with Crippen LogP contribution in [-0.2, 0) is 14.8 Å². The second kappa shape index (κ2) is 6.39. The van der Waals surface area contributed by atoms with Gasteiger partial charge in [-0.15, -0.1) is 0 Å². The fourth-order valence-electron chi connectivity index (χ4n) is 1.66. The molecule has 0 heterocycles. The molecule has 2 rings (SSSR count). The molecule has 4 N–H and O–H groups in total. The van der Waals surface area contributed by atoms with Crippen molar-refractivity contribution in [1.82, 2.24) is 10.0 Å². The van der Waals surface area contributed by atoms with Crippen LogP contribution in [0.2, 0.25) is 10.0 Å². The van der Waals surface area contributed by atoms with Gasteiger partial charge in [0.15, 0.2) is 0 Å². The highest BCUT2D eigenvalue weighted by Gasteiger charge is 2.24. The number of sulfonamides is 1. The van der Waals surface area contributed by atoms with Crippen molar-refractivity contribution in [2.45, 2.75) is 30.2 Å². The Morgan fingerprint density at radius 1 is 1.33 bits per heavy atom. The zero-order valence-electron chi connectivity index (χ0n) is 11.0. The third kappa shape index (κ3) is 4.23. The predicted octanol–water partition coefficient (Wildman–Crippen LogP) is 1.52. The van der Waals surface area contributed by atoms with Crippen LogP contribution in [0.4, 0.5) is 5.69 Å². The molecule has 0 bridgehead atoms. The first-order valence-corrected chi connectivity index (χ1v) is 8.57. The molecular formula is C12H15Cl2N3O3S. The van der Waals surface area contributed by atoms with Gasteiger partial charge in [0.05, 0.1) is 15.7 Å². The molecule has 0 saturated heterocycles. The van der Waals surface area contributed by atoms with Gasteiger partial charge in [-0.2, -0.15) is 0 Å². The van der Waals surface area contributed by atoms with Gasteiger partial charge in [-0.05, 0) is 25.0 Å². The van der Waals surface area contributed by atoms with E-state index >= 15 is 0 Å². The first-order valence-electron chi connectivity index (χ1n) is 6.34. The number of halogens is 2. The lowest BCUT2D eigenvalue weighted by molar-refractivity contribution is -0.121. The molecule has 1 fully saturated rings. The molecule has 1 saturated carbocycles. The van der Waals surface area contributed by atoms with Gasteiger partial charge in [-0.3, -0.25) is 4.79 Å². The number of nitrogens with one attached hydrogen (secondary N) is 2. The Morgan fingerprint density at radius 3 is 2.62 bits per heavy atom. The van der Waals surface area contributed by atoms with Gasteiger partial charge in [-0.25, -0.2) is 13.1 Å². The molecule has 0 aromatic heterocycles. The van der Waals surface area contributed by atoms with Crippen LogP contribution in [0.15, 0.2) is 17.0 Å². The second-order valence-electron chi connectivity index (χ2n) is 4.76. The molecule has 1 amide bonds. The highest BCUT2D eigenvalue weighted by Crippen LogP contribution is 2.32. The monoisotopic (exact) mass is 351 g/mol. The van der Waals surface area contributed by atoms with E-state index in [1.54, 1.807) is 0 Å². The van der Waals surface area contributed by atoms with Crippen LogP contribution in [0.3, 0.4) is 0 Å². The summed E-state index contributed by atoms with van der Waals surface area (Å²) < 4.78 is 26.5. The summed E-state index contributed by atoms with van der Waals surface area (Å²) in [5.74, 6) is -0.179. The van der Waals surface area contributed by atoms with Gasteiger partial charge in [0, 0.05) is 19.0 Å². The topological polar surface area (TPSA) is 101 Å². The summed E-state index contributed by atoms with van der Waals surface area (Å²) in [5, 5.41) is 2.83. The van der Waals surface area contributed by atoms with Crippen LogP contribution in [-0.4, -0.2) is 26.9 Å². The van der Waals surface area contributed by atoms with Crippen LogP contribution < -0.4 is 15.8 Å². The van der Waals surface area contributed by atoms with E-state index < -0.39 is 10.0 Å². The van der Waals surface area contributed by atoms with Crippen LogP contribution in [0.5, 0.6) is 0 Å². The van der Waals surface area contributed by atoms with E-state index in [9.17, 15) is 13.2 Å². The average Bonchev–Trinajstić information content (AvgIpc) is 3.19. The van der Waals surface area contributed by atoms with E-state index in [1.807, 2.05) is 0 Å². The first-order chi connectivity index (χ1) is 9.81. The summed E-state index contributed by atoms with van der Waals surface area (Å²) in [5.41, 5.74) is 5.60. The Bertz CT molecular complexity index is 660. The van der Waals surface area contributed by atoms with E-state index in [0.29, 0.717) is 0 Å². The smallest absolute Gasteiger partial charge is 0.242 e. The molecular weight excluding hydrogens is 337 g/mol. The minimum atomic E-state index is -3.84. The van der Waals surface area contributed by atoms with Crippen molar-refractivity contribution in [3.63, 3.8) is 0 Å². The van der Waals surface area contributed by atoms with E-state index in [1.165, 1.54) is 12.1 Å². The molecule has 1 aromatic rings. The zero-order chi connectivity index (χ0) is 15.6. The highest BCUT2D eigenvalue weighted by molar-refractivity contribution is 7.89. The number of nitrogen functional groups attached to an aromatic ring is 1. The van der Waals surface area contributed by atoms with Crippen molar-refractivity contribution in [2.75, 3.05) is 12.3 Å². The summed E-state index contributed by atoms with van der Waals surface area (Å²) in [6, 6.07) is 2.88. The van der Waals surface area contributed by atoms with Gasteiger partial charge >= 0.3 is 0 Å². The Kier molecular flexibility index (Phi) is 4.98. The standard InChI is InChI=1S/C12H15Cl2N3O3S/c13-8-3-4-9(11(14)12(8)15)21(19,20)16-6-5-10(18)17-7-1-2-7/h3-4,7,16H,1-2,5-6,15H2,(H,17,18). The number of benzene rings is 1. The first kappa shape index (κ1) is 16.4. The molecule has 1 aromatic carbocycles. The number of anilines is 1. The maximum absolute atomic E-state index is 12.1. The van der Waals surface area contributed by atoms with E-state index in [0.717, 1.165) is 12.8 Å². The molecule has 9 heteroatoms. The molecule has 0 spiro atoms. The largest absolute Gasteiger partial charge is 0.396 e. The lowest BCUT2D eigenvalue weighted by Gasteiger charge is -2.10. The number of hydrogen-bond donors (Lipinski definition) is 3. The summed E-state index contributed by atoms with van der Waals surface area (Å²) >= 11 is 11.7. The molecule has 1 aliphatic rings. The highest BCUT2D eigenvalue weighted by atomic mass is 35.5. The molecule has 0 aliphatic heterocycles. The number of rotatable bonds is 6. The lowest BCUT2D eigenvalue weighted by atomic mass is 10.3. The number of hydrogen-bond acceptors (Lipinski definition) is 4. The van der Waals surface area contributed by atoms with Crippen molar-refractivity contribution in [3.05, 3.63) is 22.2 Å².